The van der Waals surface area contributed by atoms with E-state index >= 15 is 0 Å². The lowest BCUT2D eigenvalue weighted by molar-refractivity contribution is -0.117. The van der Waals surface area contributed by atoms with E-state index in [4.69, 9.17) is 0 Å². The minimum atomic E-state index is -0.188. The van der Waals surface area contributed by atoms with Crippen LogP contribution in [0.1, 0.15) is 36.6 Å². The first-order valence-electron chi connectivity index (χ1n) is 6.15. The molecule has 0 spiro atoms. The third-order valence-corrected chi connectivity index (χ3v) is 3.20. The number of amides is 1. The molecular formula is C14H20N2O. The van der Waals surface area contributed by atoms with Gasteiger partial charge in [-0.05, 0) is 37.4 Å². The average Bonchev–Trinajstić information content (AvgIpc) is 2.59. The molecule has 1 amide bonds. The molecule has 1 aliphatic rings. The summed E-state index contributed by atoms with van der Waals surface area (Å²) >= 11 is 0. The van der Waals surface area contributed by atoms with Gasteiger partial charge in [-0.2, -0.15) is 0 Å². The quantitative estimate of drug-likeness (QED) is 0.841. The maximum atomic E-state index is 12.0. The Kier molecular flexibility index (Phi) is 3.20. The van der Waals surface area contributed by atoms with Gasteiger partial charge in [0.25, 0.3) is 0 Å². The van der Waals surface area contributed by atoms with Crippen LogP contribution in [0.15, 0.2) is 12.1 Å². The molecule has 1 aromatic rings. The lowest BCUT2D eigenvalue weighted by atomic mass is 9.99. The smallest absolute Gasteiger partial charge is 0.246 e. The number of hydrogen-bond acceptors (Lipinski definition) is 2. The van der Waals surface area contributed by atoms with E-state index < -0.39 is 0 Å². The van der Waals surface area contributed by atoms with Crippen molar-refractivity contribution < 1.29 is 4.79 Å². The van der Waals surface area contributed by atoms with E-state index in [1.54, 1.807) is 0 Å². The lowest BCUT2D eigenvalue weighted by Gasteiger charge is -2.15. The molecule has 1 aromatic carbocycles. The van der Waals surface area contributed by atoms with Crippen molar-refractivity contribution in [1.29, 1.82) is 0 Å². The number of anilines is 1. The molecule has 0 saturated carbocycles. The van der Waals surface area contributed by atoms with E-state index in [1.807, 2.05) is 6.92 Å². The predicted molar refractivity (Wildman–Crippen MR) is 70.1 cm³/mol. The van der Waals surface area contributed by atoms with E-state index in [0.717, 1.165) is 23.4 Å². The number of nitrogens with one attached hydrogen (secondary N) is 2. The fourth-order valence-corrected chi connectivity index (χ4v) is 2.25. The molecule has 1 aliphatic heterocycles. The highest BCUT2D eigenvalue weighted by Gasteiger charge is 2.32. The van der Waals surface area contributed by atoms with Gasteiger partial charge in [0.2, 0.25) is 5.91 Å². The summed E-state index contributed by atoms with van der Waals surface area (Å²) in [5, 5.41) is 6.32. The van der Waals surface area contributed by atoms with Crippen LogP contribution in [0.25, 0.3) is 0 Å². The summed E-state index contributed by atoms with van der Waals surface area (Å²) in [7, 11) is 0. The van der Waals surface area contributed by atoms with E-state index in [1.165, 1.54) is 5.56 Å². The Hall–Kier alpha value is -1.35. The summed E-state index contributed by atoms with van der Waals surface area (Å²) in [5.74, 6) is 0.606. The largest absolute Gasteiger partial charge is 0.324 e. The van der Waals surface area contributed by atoms with Crippen LogP contribution in [-0.4, -0.2) is 12.5 Å². The number of rotatable bonds is 3. The minimum absolute atomic E-state index is 0.0676. The Labute approximate surface area is 103 Å². The van der Waals surface area contributed by atoms with Gasteiger partial charge in [-0.15, -0.1) is 0 Å². The van der Waals surface area contributed by atoms with Crippen molar-refractivity contribution in [3.8, 4) is 0 Å². The van der Waals surface area contributed by atoms with Crippen molar-refractivity contribution in [2.75, 3.05) is 11.9 Å². The first-order valence-corrected chi connectivity index (χ1v) is 6.15. The minimum Gasteiger partial charge on any atom is -0.324 e. The molecular weight excluding hydrogens is 212 g/mol. The molecule has 0 radical (unpaired) electrons. The first-order chi connectivity index (χ1) is 8.00. The maximum Gasteiger partial charge on any atom is 0.246 e. The van der Waals surface area contributed by atoms with Crippen LogP contribution in [0, 0.1) is 19.8 Å². The zero-order chi connectivity index (χ0) is 12.6. The van der Waals surface area contributed by atoms with E-state index in [-0.39, 0.29) is 11.9 Å². The highest BCUT2D eigenvalue weighted by atomic mass is 16.2. The molecule has 1 heterocycles. The second kappa shape index (κ2) is 4.49. The zero-order valence-electron chi connectivity index (χ0n) is 10.9. The number of hydrogen-bond donors (Lipinski definition) is 2. The Balaban J connectivity index is 2.33. The van der Waals surface area contributed by atoms with Gasteiger partial charge < -0.3 is 10.6 Å². The van der Waals surface area contributed by atoms with Crippen molar-refractivity contribution in [2.24, 2.45) is 5.92 Å². The first kappa shape index (κ1) is 12.1. The second-order valence-corrected chi connectivity index (χ2v) is 5.21. The van der Waals surface area contributed by atoms with Crippen LogP contribution in [0.5, 0.6) is 0 Å². The topological polar surface area (TPSA) is 41.1 Å². The second-order valence-electron chi connectivity index (χ2n) is 5.21. The highest BCUT2D eigenvalue weighted by molar-refractivity contribution is 6.03. The number of aryl methyl sites for hydroxylation is 2. The molecule has 3 nitrogen and oxygen atoms in total. The van der Waals surface area contributed by atoms with Crippen molar-refractivity contribution in [1.82, 2.24) is 5.32 Å². The fourth-order valence-electron chi connectivity index (χ4n) is 2.25. The molecule has 0 saturated heterocycles. The van der Waals surface area contributed by atoms with Gasteiger partial charge in [0.1, 0.15) is 6.04 Å². The Morgan fingerprint density at radius 3 is 2.59 bits per heavy atom. The van der Waals surface area contributed by atoms with Crippen LogP contribution in [0.2, 0.25) is 0 Å². The van der Waals surface area contributed by atoms with Gasteiger partial charge in [-0.1, -0.05) is 26.0 Å². The van der Waals surface area contributed by atoms with Crippen LogP contribution < -0.4 is 10.6 Å². The van der Waals surface area contributed by atoms with Gasteiger partial charge in [0.15, 0.2) is 0 Å². The average molecular weight is 232 g/mol. The summed E-state index contributed by atoms with van der Waals surface area (Å²) in [6.07, 6.45) is 0. The normalized spacial score (nSPS) is 18.4. The third kappa shape index (κ3) is 2.20. The van der Waals surface area contributed by atoms with Crippen molar-refractivity contribution in [3.05, 3.63) is 28.8 Å². The number of fused-ring (bicyclic) bond motifs is 1. The van der Waals surface area contributed by atoms with Gasteiger partial charge >= 0.3 is 0 Å². The Bertz CT molecular complexity index is 452. The lowest BCUT2D eigenvalue weighted by Crippen LogP contribution is -2.30. The Morgan fingerprint density at radius 2 is 1.94 bits per heavy atom. The standard InChI is InChI=1S/C14H20N2O/c1-8(2)7-15-13-11-9(3)5-6-10(4)12(11)16-14(13)17/h5-6,8,13,15H,7H2,1-4H3,(H,16,17). The molecule has 0 aromatic heterocycles. The number of carbonyl (C=O) groups excluding carboxylic acids is 1. The van der Waals surface area contributed by atoms with Crippen LogP contribution in [-0.2, 0) is 4.79 Å². The number of benzene rings is 1. The molecule has 0 aliphatic carbocycles. The van der Waals surface area contributed by atoms with Gasteiger partial charge in [0.05, 0.1) is 0 Å². The summed E-state index contributed by atoms with van der Waals surface area (Å²) < 4.78 is 0. The van der Waals surface area contributed by atoms with Crippen molar-refractivity contribution in [3.63, 3.8) is 0 Å². The monoisotopic (exact) mass is 232 g/mol. The summed E-state index contributed by atoms with van der Waals surface area (Å²) in [6.45, 7) is 9.23. The van der Waals surface area contributed by atoms with Crippen LogP contribution in [0.4, 0.5) is 5.69 Å². The van der Waals surface area contributed by atoms with E-state index in [0.29, 0.717) is 5.92 Å². The van der Waals surface area contributed by atoms with Crippen molar-refractivity contribution in [2.45, 2.75) is 33.7 Å². The molecule has 1 atom stereocenters. The molecule has 0 bridgehead atoms. The Morgan fingerprint density at radius 1 is 1.29 bits per heavy atom. The van der Waals surface area contributed by atoms with Crippen molar-refractivity contribution >= 4 is 11.6 Å². The maximum absolute atomic E-state index is 12.0. The van der Waals surface area contributed by atoms with Gasteiger partial charge in [0, 0.05) is 11.3 Å². The van der Waals surface area contributed by atoms with E-state index in [2.05, 4.69) is 43.5 Å². The summed E-state index contributed by atoms with van der Waals surface area (Å²) in [5.41, 5.74) is 4.42. The highest BCUT2D eigenvalue weighted by Crippen LogP contribution is 2.35. The predicted octanol–water partition coefficient (Wildman–Crippen LogP) is 2.54. The molecule has 1 unspecified atom stereocenters. The fraction of sp³-hybridized carbons (Fsp3) is 0.500. The summed E-state index contributed by atoms with van der Waals surface area (Å²) in [4.78, 5) is 12.0. The van der Waals surface area contributed by atoms with Crippen LogP contribution in [0.3, 0.4) is 0 Å². The zero-order valence-corrected chi connectivity index (χ0v) is 10.9. The van der Waals surface area contributed by atoms with Gasteiger partial charge in [-0.25, -0.2) is 0 Å². The molecule has 0 fully saturated rings. The third-order valence-electron chi connectivity index (χ3n) is 3.20. The molecule has 17 heavy (non-hydrogen) atoms. The molecule has 3 heteroatoms. The van der Waals surface area contributed by atoms with Crippen LogP contribution >= 0.6 is 0 Å². The van der Waals surface area contributed by atoms with E-state index in [9.17, 15) is 4.79 Å². The molecule has 2 rings (SSSR count). The molecule has 2 N–H and O–H groups in total. The van der Waals surface area contributed by atoms with Gasteiger partial charge in [-0.3, -0.25) is 4.79 Å². The summed E-state index contributed by atoms with van der Waals surface area (Å²) in [6, 6.07) is 3.95. The number of carbonyl (C=O) groups is 1. The SMILES string of the molecule is Cc1ccc(C)c2c1NC(=O)C2NCC(C)C. The molecule has 92 valence electrons.